The maximum Gasteiger partial charge on any atom is 0.237 e. The molecule has 3 aromatic rings. The molecule has 3 heterocycles. The highest BCUT2D eigenvalue weighted by molar-refractivity contribution is 7.99. The molecule has 0 saturated heterocycles. The molecule has 0 bridgehead atoms. The van der Waals surface area contributed by atoms with E-state index in [-0.39, 0.29) is 18.1 Å². The molecule has 0 aliphatic rings. The number of rotatable bonds is 9. The van der Waals surface area contributed by atoms with Crippen molar-refractivity contribution in [1.29, 1.82) is 0 Å². The average Bonchev–Trinajstić information content (AvgIpc) is 3.36. The third kappa shape index (κ3) is 3.94. The van der Waals surface area contributed by atoms with Crippen LogP contribution in [-0.4, -0.2) is 36.8 Å². The predicted molar refractivity (Wildman–Crippen MR) is 106 cm³/mol. The maximum atomic E-state index is 12.8. The lowest BCUT2D eigenvalue weighted by Gasteiger charge is -2.07. The zero-order valence-electron chi connectivity index (χ0n) is 15.7. The van der Waals surface area contributed by atoms with Crippen molar-refractivity contribution in [2.45, 2.75) is 32.1 Å². The summed E-state index contributed by atoms with van der Waals surface area (Å²) in [4.78, 5) is 24.2. The second-order valence-electron chi connectivity index (χ2n) is 6.23. The number of carbonyl (C=O) groups is 2. The van der Waals surface area contributed by atoms with Crippen LogP contribution in [0.5, 0.6) is 0 Å². The minimum Gasteiger partial charge on any atom is -0.461 e. The van der Waals surface area contributed by atoms with E-state index < -0.39 is 5.91 Å². The minimum absolute atomic E-state index is 0.0263. The quantitative estimate of drug-likeness (QED) is 0.336. The number of nitrogens with two attached hydrogens (primary N) is 1. The van der Waals surface area contributed by atoms with Crippen LogP contribution >= 0.6 is 11.8 Å². The van der Waals surface area contributed by atoms with Crippen LogP contribution in [0.1, 0.15) is 21.7 Å². The average molecular weight is 399 g/mol. The summed E-state index contributed by atoms with van der Waals surface area (Å²) in [5.74, 6) is 0.464. The fourth-order valence-electron chi connectivity index (χ4n) is 2.98. The molecular formula is C19H21N5O3S. The van der Waals surface area contributed by atoms with Crippen LogP contribution in [-0.2, 0) is 17.9 Å². The Morgan fingerprint density at radius 1 is 1.32 bits per heavy atom. The van der Waals surface area contributed by atoms with E-state index in [1.54, 1.807) is 22.8 Å². The van der Waals surface area contributed by atoms with Crippen molar-refractivity contribution in [3.05, 3.63) is 54.1 Å². The second-order valence-corrected chi connectivity index (χ2v) is 7.17. The molecule has 0 radical (unpaired) electrons. The Bertz CT molecular complexity index is 1020. The molecule has 0 aromatic carbocycles. The lowest BCUT2D eigenvalue weighted by atomic mass is 10.2. The predicted octanol–water partition coefficient (Wildman–Crippen LogP) is 2.60. The van der Waals surface area contributed by atoms with Crippen molar-refractivity contribution in [1.82, 2.24) is 19.3 Å². The smallest absolute Gasteiger partial charge is 0.237 e. The summed E-state index contributed by atoms with van der Waals surface area (Å²) in [6.07, 6.45) is 3.31. The first-order valence-corrected chi connectivity index (χ1v) is 9.60. The number of furan rings is 1. The van der Waals surface area contributed by atoms with Crippen molar-refractivity contribution in [2.75, 3.05) is 5.75 Å². The largest absolute Gasteiger partial charge is 0.461 e. The molecule has 0 spiro atoms. The zero-order valence-corrected chi connectivity index (χ0v) is 16.5. The lowest BCUT2D eigenvalue weighted by Crippen LogP contribution is -2.20. The summed E-state index contributed by atoms with van der Waals surface area (Å²) in [5.41, 5.74) is 7.93. The van der Waals surface area contributed by atoms with Crippen molar-refractivity contribution < 1.29 is 14.0 Å². The van der Waals surface area contributed by atoms with Crippen LogP contribution in [0.4, 0.5) is 0 Å². The van der Waals surface area contributed by atoms with E-state index in [4.69, 9.17) is 10.2 Å². The molecule has 0 unspecified atom stereocenters. The van der Waals surface area contributed by atoms with Gasteiger partial charge in [-0.15, -0.1) is 16.8 Å². The van der Waals surface area contributed by atoms with E-state index in [1.807, 2.05) is 24.5 Å². The Morgan fingerprint density at radius 3 is 2.75 bits per heavy atom. The lowest BCUT2D eigenvalue weighted by molar-refractivity contribution is -0.118. The van der Waals surface area contributed by atoms with Gasteiger partial charge in [0.05, 0.1) is 12.0 Å². The molecule has 0 atom stereocenters. The van der Waals surface area contributed by atoms with Gasteiger partial charge in [-0.25, -0.2) is 0 Å². The van der Waals surface area contributed by atoms with Crippen molar-refractivity contribution in [2.24, 2.45) is 5.73 Å². The monoisotopic (exact) mass is 399 g/mol. The Hall–Kier alpha value is -3.07. The Kier molecular flexibility index (Phi) is 5.84. The molecule has 3 aromatic heterocycles. The highest BCUT2D eigenvalue weighted by Gasteiger charge is 2.20. The summed E-state index contributed by atoms with van der Waals surface area (Å²) in [6, 6.07) is 5.31. The van der Waals surface area contributed by atoms with Crippen LogP contribution in [0.15, 0.2) is 46.7 Å². The zero-order chi connectivity index (χ0) is 20.3. The number of hydrogen-bond donors (Lipinski definition) is 1. The molecular weight excluding hydrogens is 378 g/mol. The SMILES string of the molecule is C=CCn1c(C)cc(C(=O)CSc2nnc(-c3ccco3)n2CC(N)=O)c1C. The summed E-state index contributed by atoms with van der Waals surface area (Å²) >= 11 is 1.21. The van der Waals surface area contributed by atoms with Crippen molar-refractivity contribution >= 4 is 23.5 Å². The maximum absolute atomic E-state index is 12.8. The fraction of sp³-hybridized carbons (Fsp3) is 0.263. The van der Waals surface area contributed by atoms with Gasteiger partial charge in [0.1, 0.15) is 6.54 Å². The Morgan fingerprint density at radius 2 is 2.11 bits per heavy atom. The fourth-order valence-corrected chi connectivity index (χ4v) is 3.80. The number of thioether (sulfide) groups is 1. The third-order valence-electron chi connectivity index (χ3n) is 4.29. The standard InChI is InChI=1S/C19H21N5O3S/c1-4-7-23-12(2)9-14(13(23)3)15(25)11-28-19-22-21-18(16-6-5-8-27-16)24(19)10-17(20)26/h4-6,8-9H,1,7,10-11H2,2-3H3,(H2,20,26). The van der Waals surface area contributed by atoms with Gasteiger partial charge in [-0.2, -0.15) is 0 Å². The molecule has 3 rings (SSSR count). The number of hydrogen-bond acceptors (Lipinski definition) is 6. The van der Waals surface area contributed by atoms with Gasteiger partial charge in [0, 0.05) is 23.5 Å². The Labute approximate surface area is 166 Å². The minimum atomic E-state index is -0.534. The first kappa shape index (κ1) is 19.7. The molecule has 1 amide bonds. The summed E-state index contributed by atoms with van der Waals surface area (Å²) in [7, 11) is 0. The van der Waals surface area contributed by atoms with Gasteiger partial charge in [0.15, 0.2) is 16.7 Å². The molecule has 28 heavy (non-hydrogen) atoms. The van der Waals surface area contributed by atoms with Gasteiger partial charge in [-0.1, -0.05) is 17.8 Å². The summed E-state index contributed by atoms with van der Waals surface area (Å²) < 4.78 is 8.94. The number of ketones is 1. The van der Waals surface area contributed by atoms with E-state index in [2.05, 4.69) is 16.8 Å². The number of primary amides is 1. The molecule has 0 aliphatic carbocycles. The van der Waals surface area contributed by atoms with Gasteiger partial charge >= 0.3 is 0 Å². The number of aromatic nitrogens is 4. The van der Waals surface area contributed by atoms with Crippen LogP contribution in [0, 0.1) is 13.8 Å². The molecule has 0 fully saturated rings. The number of Topliss-reactive ketones (excluding diaryl/α,β-unsaturated/α-hetero) is 1. The second kappa shape index (κ2) is 8.30. The third-order valence-corrected chi connectivity index (χ3v) is 5.26. The van der Waals surface area contributed by atoms with Crippen LogP contribution < -0.4 is 5.73 Å². The number of allylic oxidation sites excluding steroid dienone is 1. The van der Waals surface area contributed by atoms with Gasteiger partial charge in [-0.3, -0.25) is 14.2 Å². The number of nitrogens with zero attached hydrogens (tertiary/aromatic N) is 4. The number of carbonyl (C=O) groups excluding carboxylic acids is 2. The van der Waals surface area contributed by atoms with Gasteiger partial charge in [0.25, 0.3) is 0 Å². The van der Waals surface area contributed by atoms with E-state index in [1.165, 1.54) is 18.0 Å². The van der Waals surface area contributed by atoms with Crippen LogP contribution in [0.25, 0.3) is 11.6 Å². The Balaban J connectivity index is 1.81. The number of aryl methyl sites for hydroxylation is 1. The van der Waals surface area contributed by atoms with Crippen LogP contribution in [0.3, 0.4) is 0 Å². The van der Waals surface area contributed by atoms with Gasteiger partial charge in [0.2, 0.25) is 11.7 Å². The van der Waals surface area contributed by atoms with Gasteiger partial charge < -0.3 is 14.7 Å². The number of amides is 1. The molecule has 0 saturated carbocycles. The van der Waals surface area contributed by atoms with E-state index in [0.29, 0.717) is 28.8 Å². The highest BCUT2D eigenvalue weighted by Crippen LogP contribution is 2.26. The molecule has 0 aliphatic heterocycles. The first-order chi connectivity index (χ1) is 13.4. The molecule has 8 nitrogen and oxygen atoms in total. The molecule has 9 heteroatoms. The normalized spacial score (nSPS) is 10.9. The highest BCUT2D eigenvalue weighted by atomic mass is 32.2. The van der Waals surface area contributed by atoms with Crippen molar-refractivity contribution in [3.63, 3.8) is 0 Å². The molecule has 146 valence electrons. The topological polar surface area (TPSA) is 109 Å². The first-order valence-electron chi connectivity index (χ1n) is 8.61. The van der Waals surface area contributed by atoms with Crippen molar-refractivity contribution in [3.8, 4) is 11.6 Å². The van der Waals surface area contributed by atoms with E-state index in [0.717, 1.165) is 11.4 Å². The summed E-state index contributed by atoms with van der Waals surface area (Å²) in [6.45, 7) is 8.17. The van der Waals surface area contributed by atoms with Crippen LogP contribution in [0.2, 0.25) is 0 Å². The van der Waals surface area contributed by atoms with E-state index in [9.17, 15) is 9.59 Å². The van der Waals surface area contributed by atoms with E-state index >= 15 is 0 Å². The molecule has 2 N–H and O–H groups in total. The summed E-state index contributed by atoms with van der Waals surface area (Å²) in [5, 5.41) is 8.62. The van der Waals surface area contributed by atoms with Gasteiger partial charge in [-0.05, 0) is 32.0 Å².